The fraction of sp³-hybridized carbons (Fsp3) is 0.469. The number of benzene rings is 1. The number of rotatable bonds is 9. The van der Waals surface area contributed by atoms with E-state index < -0.39 is 30.6 Å². The van der Waals surface area contributed by atoms with Gasteiger partial charge in [0.25, 0.3) is 0 Å². The molecule has 8 heteroatoms. The highest BCUT2D eigenvalue weighted by Crippen LogP contribution is 2.40. The van der Waals surface area contributed by atoms with Crippen LogP contribution in [0, 0.1) is 5.41 Å². The Hall–Kier alpha value is -2.85. The first kappa shape index (κ1) is 31.7. The van der Waals surface area contributed by atoms with E-state index in [2.05, 4.69) is 45.2 Å². The van der Waals surface area contributed by atoms with Gasteiger partial charge >= 0.3 is 0 Å². The average Bonchev–Trinajstić information content (AvgIpc) is 2.89. The van der Waals surface area contributed by atoms with Gasteiger partial charge in [0.1, 0.15) is 18.3 Å². The molecule has 3 rings (SSSR count). The normalized spacial score (nSPS) is 28.0. The highest BCUT2D eigenvalue weighted by atomic mass is 16.6. The summed E-state index contributed by atoms with van der Waals surface area (Å²) >= 11 is 0. The smallest absolute Gasteiger partial charge is 0.248 e. The molecule has 1 aromatic carbocycles. The van der Waals surface area contributed by atoms with E-state index in [1.807, 2.05) is 25.2 Å². The van der Waals surface area contributed by atoms with Gasteiger partial charge in [0.2, 0.25) is 5.91 Å². The second-order valence-corrected chi connectivity index (χ2v) is 11.5. The van der Waals surface area contributed by atoms with Gasteiger partial charge in [-0.1, -0.05) is 67.5 Å². The van der Waals surface area contributed by atoms with E-state index in [4.69, 9.17) is 9.94 Å². The van der Waals surface area contributed by atoms with E-state index in [1.54, 1.807) is 29.7 Å². The molecule has 5 unspecified atom stereocenters. The molecule has 2 aliphatic rings. The maximum atomic E-state index is 12.5. The molecule has 1 amide bonds. The molecule has 1 fully saturated rings. The van der Waals surface area contributed by atoms with Crippen LogP contribution in [0.15, 0.2) is 83.0 Å². The summed E-state index contributed by atoms with van der Waals surface area (Å²) in [5, 5.41) is 42.0. The zero-order chi connectivity index (χ0) is 29.4. The molecule has 8 nitrogen and oxygen atoms in total. The summed E-state index contributed by atoms with van der Waals surface area (Å²) in [6.45, 7) is 10.8. The monoisotopic (exact) mass is 552 g/mol. The maximum Gasteiger partial charge on any atom is 0.248 e. The number of aliphatic hydroxyl groups excluding tert-OH is 3. The highest BCUT2D eigenvalue weighted by molar-refractivity contribution is 5.99. The number of allylic oxidation sites excluding steroid dienone is 9. The fourth-order valence-corrected chi connectivity index (χ4v) is 5.25. The van der Waals surface area contributed by atoms with Crippen molar-refractivity contribution in [2.24, 2.45) is 5.41 Å². The van der Waals surface area contributed by atoms with Gasteiger partial charge < -0.3 is 30.6 Å². The number of aliphatic hydroxyl groups is 3. The molecule has 0 aromatic heterocycles. The minimum absolute atomic E-state index is 0.212. The van der Waals surface area contributed by atoms with Crippen LogP contribution in [0.5, 0.6) is 0 Å². The summed E-state index contributed by atoms with van der Waals surface area (Å²) in [6.07, 6.45) is 9.37. The van der Waals surface area contributed by atoms with E-state index in [0.29, 0.717) is 5.69 Å². The van der Waals surface area contributed by atoms with E-state index in [0.717, 1.165) is 16.7 Å². The standard InChI is InChI=1S/C32H44N2O6/c1-20(11-16-25-22(3)10-7-17-32(25,4)5)8-6-9-21(2)18-27(35)33-24-14-12-23(13-15-24)19-26-28(36)29(37)30(38)31(34-39)40-26/h6,8-9,11-16,18,26,28-31,34,36-39H,7,10,17,19H2,1-5H3,(H,33,35)/b9-6+,16-11+,20-8+,21-18+. The summed E-state index contributed by atoms with van der Waals surface area (Å²) < 4.78 is 5.46. The van der Waals surface area contributed by atoms with Gasteiger partial charge in [0.05, 0.1) is 6.10 Å². The van der Waals surface area contributed by atoms with Crippen LogP contribution < -0.4 is 10.8 Å². The Morgan fingerprint density at radius 3 is 2.40 bits per heavy atom. The quantitative estimate of drug-likeness (QED) is 0.151. The lowest BCUT2D eigenvalue weighted by Crippen LogP contribution is -2.61. The summed E-state index contributed by atoms with van der Waals surface area (Å²) in [6, 6.07) is 7.01. The van der Waals surface area contributed by atoms with Crippen molar-refractivity contribution in [2.75, 3.05) is 5.32 Å². The maximum absolute atomic E-state index is 12.5. The number of hydroxylamine groups is 1. The van der Waals surface area contributed by atoms with Crippen LogP contribution in [0.1, 0.15) is 59.4 Å². The Morgan fingerprint density at radius 1 is 1.05 bits per heavy atom. The predicted molar refractivity (Wildman–Crippen MR) is 157 cm³/mol. The molecule has 1 aliphatic carbocycles. The Kier molecular flexibility index (Phi) is 11.2. The van der Waals surface area contributed by atoms with Gasteiger partial charge in [-0.05, 0) is 74.3 Å². The van der Waals surface area contributed by atoms with E-state index in [1.165, 1.54) is 36.5 Å². The number of anilines is 1. The Bertz CT molecular complexity index is 1180. The van der Waals surface area contributed by atoms with Gasteiger partial charge in [0.15, 0.2) is 6.23 Å². The molecule has 40 heavy (non-hydrogen) atoms. The Labute approximate surface area is 237 Å². The molecular formula is C32H44N2O6. The third-order valence-corrected chi connectivity index (χ3v) is 7.63. The molecule has 1 aliphatic heterocycles. The first-order valence-electron chi connectivity index (χ1n) is 13.8. The Balaban J connectivity index is 1.53. The molecular weight excluding hydrogens is 508 g/mol. The SMILES string of the molecule is CC1=C(/C=C/C(C)=C/C=C/C(C)=C/C(=O)Nc2ccc(CC3OC(NO)C(O)C(O)C3O)cc2)C(C)(C)CCC1. The molecule has 6 N–H and O–H groups in total. The van der Waals surface area contributed by atoms with Gasteiger partial charge in [-0.25, -0.2) is 0 Å². The van der Waals surface area contributed by atoms with Crippen molar-refractivity contribution in [2.45, 2.75) is 90.9 Å². The van der Waals surface area contributed by atoms with E-state index in [9.17, 15) is 20.1 Å². The van der Waals surface area contributed by atoms with Crippen LogP contribution in [0.2, 0.25) is 0 Å². The molecule has 5 atom stereocenters. The number of amides is 1. The zero-order valence-corrected chi connectivity index (χ0v) is 24.1. The third-order valence-electron chi connectivity index (χ3n) is 7.63. The van der Waals surface area contributed by atoms with Gasteiger partial charge in [-0.2, -0.15) is 5.48 Å². The summed E-state index contributed by atoms with van der Waals surface area (Å²) in [4.78, 5) is 12.5. The largest absolute Gasteiger partial charge is 0.388 e. The molecule has 0 spiro atoms. The van der Waals surface area contributed by atoms with Crippen molar-refractivity contribution >= 4 is 11.6 Å². The summed E-state index contributed by atoms with van der Waals surface area (Å²) in [7, 11) is 0. The van der Waals surface area contributed by atoms with E-state index >= 15 is 0 Å². The lowest BCUT2D eigenvalue weighted by Gasteiger charge is -2.40. The number of nitrogens with one attached hydrogen (secondary N) is 2. The van der Waals surface area contributed by atoms with Crippen LogP contribution >= 0.6 is 0 Å². The molecule has 218 valence electrons. The molecule has 0 bridgehead atoms. The first-order chi connectivity index (χ1) is 18.9. The van der Waals surface area contributed by atoms with Crippen molar-refractivity contribution in [3.05, 3.63) is 88.6 Å². The second kappa shape index (κ2) is 14.2. The number of carbonyl (C=O) groups is 1. The highest BCUT2D eigenvalue weighted by Gasteiger charge is 2.43. The molecule has 1 heterocycles. The van der Waals surface area contributed by atoms with Gasteiger partial charge in [-0.3, -0.25) is 4.79 Å². The minimum atomic E-state index is -1.46. The van der Waals surface area contributed by atoms with Crippen molar-refractivity contribution < 1.29 is 30.1 Å². The molecule has 1 saturated heterocycles. The van der Waals surface area contributed by atoms with Crippen LogP contribution in [-0.2, 0) is 16.0 Å². The number of hydrogen-bond acceptors (Lipinski definition) is 7. The predicted octanol–water partition coefficient (Wildman–Crippen LogP) is 4.49. The zero-order valence-electron chi connectivity index (χ0n) is 24.1. The summed E-state index contributed by atoms with van der Waals surface area (Å²) in [5.74, 6) is -0.252. The minimum Gasteiger partial charge on any atom is -0.388 e. The third kappa shape index (κ3) is 8.57. The lowest BCUT2D eigenvalue weighted by atomic mass is 9.72. The fourth-order valence-electron chi connectivity index (χ4n) is 5.25. The average molecular weight is 553 g/mol. The Morgan fingerprint density at radius 2 is 1.75 bits per heavy atom. The van der Waals surface area contributed by atoms with Crippen molar-refractivity contribution in [3.63, 3.8) is 0 Å². The molecule has 0 radical (unpaired) electrons. The van der Waals surface area contributed by atoms with E-state index in [-0.39, 0.29) is 17.7 Å². The summed E-state index contributed by atoms with van der Waals surface area (Å²) in [5.41, 5.74) is 8.25. The van der Waals surface area contributed by atoms with Crippen molar-refractivity contribution in [3.8, 4) is 0 Å². The van der Waals surface area contributed by atoms with Gasteiger partial charge in [0, 0.05) is 18.2 Å². The molecule has 1 aromatic rings. The number of ether oxygens (including phenoxy) is 1. The van der Waals surface area contributed by atoms with Crippen LogP contribution in [0.25, 0.3) is 0 Å². The van der Waals surface area contributed by atoms with Crippen LogP contribution in [0.3, 0.4) is 0 Å². The number of carbonyl (C=O) groups excluding carboxylic acids is 1. The van der Waals surface area contributed by atoms with Crippen molar-refractivity contribution in [1.29, 1.82) is 0 Å². The van der Waals surface area contributed by atoms with Gasteiger partial charge in [-0.15, -0.1) is 0 Å². The van der Waals surface area contributed by atoms with Crippen LogP contribution in [0.4, 0.5) is 5.69 Å². The lowest BCUT2D eigenvalue weighted by molar-refractivity contribution is -0.248. The van der Waals surface area contributed by atoms with Crippen molar-refractivity contribution in [1.82, 2.24) is 5.48 Å². The second-order valence-electron chi connectivity index (χ2n) is 11.5. The molecule has 0 saturated carbocycles. The topological polar surface area (TPSA) is 131 Å². The van der Waals surface area contributed by atoms with Crippen LogP contribution in [-0.4, -0.2) is 57.1 Å². The number of hydrogen-bond donors (Lipinski definition) is 6. The first-order valence-corrected chi connectivity index (χ1v) is 13.8.